The van der Waals surface area contributed by atoms with E-state index in [0.717, 1.165) is 16.7 Å². The lowest BCUT2D eigenvalue weighted by Gasteiger charge is -2.36. The van der Waals surface area contributed by atoms with Crippen molar-refractivity contribution in [2.24, 2.45) is 0 Å². The Morgan fingerprint density at radius 3 is 2.42 bits per heavy atom. The molecule has 2 aromatic rings. The largest absolute Gasteiger partial charge is 0.397 e. The number of alkyl halides is 3. The van der Waals surface area contributed by atoms with E-state index in [2.05, 4.69) is 9.97 Å². The molecule has 1 aliphatic heterocycles. The SMILES string of the molecule is CCc1cc2c(N3CCN(C(=O)CC(F)(F)F)CC3)nc(N(CC)C(=O)[C@H](O)CO)nc2s1. The maximum Gasteiger partial charge on any atom is 0.397 e. The van der Waals surface area contributed by atoms with Gasteiger partial charge in [0.15, 0.2) is 6.10 Å². The molecule has 1 fully saturated rings. The number of hydrogen-bond acceptors (Lipinski definition) is 8. The number of anilines is 2. The summed E-state index contributed by atoms with van der Waals surface area (Å²) in [7, 11) is 0. The lowest BCUT2D eigenvalue weighted by molar-refractivity contribution is -0.161. The molecule has 0 aliphatic carbocycles. The number of rotatable bonds is 7. The molecule has 0 aromatic carbocycles. The molecule has 0 unspecified atom stereocenters. The highest BCUT2D eigenvalue weighted by Gasteiger charge is 2.35. The van der Waals surface area contributed by atoms with Crippen molar-refractivity contribution < 1.29 is 33.0 Å². The van der Waals surface area contributed by atoms with Crippen LogP contribution in [0, 0.1) is 0 Å². The molecule has 13 heteroatoms. The van der Waals surface area contributed by atoms with Gasteiger partial charge in [-0.25, -0.2) is 4.98 Å². The number of aryl methyl sites for hydroxylation is 1. The van der Waals surface area contributed by atoms with Crippen molar-refractivity contribution in [1.82, 2.24) is 14.9 Å². The number of aliphatic hydroxyl groups is 2. The molecule has 0 bridgehead atoms. The molecule has 182 valence electrons. The maximum atomic E-state index is 12.6. The van der Waals surface area contributed by atoms with Gasteiger partial charge >= 0.3 is 6.18 Å². The van der Waals surface area contributed by atoms with E-state index in [1.165, 1.54) is 21.1 Å². The van der Waals surface area contributed by atoms with Crippen LogP contribution in [0.2, 0.25) is 0 Å². The van der Waals surface area contributed by atoms with E-state index in [9.17, 15) is 27.9 Å². The van der Waals surface area contributed by atoms with Crippen LogP contribution >= 0.6 is 11.3 Å². The molecular formula is C20H26F3N5O4S. The summed E-state index contributed by atoms with van der Waals surface area (Å²) in [5, 5.41) is 19.7. The predicted octanol–water partition coefficient (Wildman–Crippen LogP) is 1.56. The fourth-order valence-corrected chi connectivity index (χ4v) is 4.54. The summed E-state index contributed by atoms with van der Waals surface area (Å²) in [4.78, 5) is 39.4. The van der Waals surface area contributed by atoms with Gasteiger partial charge in [0.05, 0.1) is 12.0 Å². The molecule has 2 amide bonds. The molecule has 1 atom stereocenters. The average Bonchev–Trinajstić information content (AvgIpc) is 3.20. The standard InChI is InChI=1S/C20H26F3N5O4S/c1-3-12-9-13-16(27-7-5-26(6-8-27)15(31)10-20(21,22)23)24-19(25-17(13)33-12)28(4-2)18(32)14(30)11-29/h9,14,29-30H,3-8,10-11H2,1-2H3/t14-/m1/s1. The Morgan fingerprint density at radius 2 is 1.88 bits per heavy atom. The molecule has 9 nitrogen and oxygen atoms in total. The van der Waals surface area contributed by atoms with Crippen LogP contribution in [-0.4, -0.2) is 88.5 Å². The van der Waals surface area contributed by atoms with Gasteiger partial charge in [-0.3, -0.25) is 14.5 Å². The Bertz CT molecular complexity index is 1010. The summed E-state index contributed by atoms with van der Waals surface area (Å²) < 4.78 is 37.7. The number of halogens is 3. The molecule has 1 saturated heterocycles. The number of carbonyl (C=O) groups excluding carboxylic acids is 2. The molecule has 1 aliphatic rings. The zero-order valence-corrected chi connectivity index (χ0v) is 19.1. The molecular weight excluding hydrogens is 463 g/mol. The van der Waals surface area contributed by atoms with Gasteiger partial charge in [0.25, 0.3) is 5.91 Å². The number of hydrogen-bond donors (Lipinski definition) is 2. The van der Waals surface area contributed by atoms with Crippen LogP contribution in [0.15, 0.2) is 6.07 Å². The number of likely N-dealkylation sites (N-methyl/N-ethyl adjacent to an activating group) is 1. The first-order valence-corrected chi connectivity index (χ1v) is 11.4. The topological polar surface area (TPSA) is 110 Å². The quantitative estimate of drug-likeness (QED) is 0.607. The maximum absolute atomic E-state index is 12.6. The highest BCUT2D eigenvalue weighted by atomic mass is 32.1. The van der Waals surface area contributed by atoms with Crippen LogP contribution in [0.3, 0.4) is 0 Å². The Morgan fingerprint density at radius 1 is 1.21 bits per heavy atom. The first kappa shape index (κ1) is 25.1. The third-order valence-electron chi connectivity index (χ3n) is 5.33. The Hall–Kier alpha value is -2.51. The molecule has 0 saturated carbocycles. The van der Waals surface area contributed by atoms with E-state index < -0.39 is 37.1 Å². The van der Waals surface area contributed by atoms with Crippen molar-refractivity contribution in [2.75, 3.05) is 49.1 Å². The monoisotopic (exact) mass is 489 g/mol. The third kappa shape index (κ3) is 5.71. The number of amides is 2. The lowest BCUT2D eigenvalue weighted by atomic mass is 10.2. The van der Waals surface area contributed by atoms with Gasteiger partial charge < -0.3 is 20.0 Å². The lowest BCUT2D eigenvalue weighted by Crippen LogP contribution is -2.50. The van der Waals surface area contributed by atoms with Crippen molar-refractivity contribution in [1.29, 1.82) is 0 Å². The molecule has 0 radical (unpaired) electrons. The van der Waals surface area contributed by atoms with Gasteiger partial charge in [0.2, 0.25) is 11.9 Å². The number of aromatic nitrogens is 2. The van der Waals surface area contributed by atoms with Gasteiger partial charge in [0.1, 0.15) is 17.1 Å². The highest BCUT2D eigenvalue weighted by molar-refractivity contribution is 7.18. The highest BCUT2D eigenvalue weighted by Crippen LogP contribution is 2.34. The molecule has 3 heterocycles. The van der Waals surface area contributed by atoms with Crippen molar-refractivity contribution >= 4 is 45.1 Å². The van der Waals surface area contributed by atoms with Crippen molar-refractivity contribution in [3.8, 4) is 0 Å². The van der Waals surface area contributed by atoms with E-state index in [1.54, 1.807) is 6.92 Å². The third-order valence-corrected chi connectivity index (χ3v) is 6.50. The van der Waals surface area contributed by atoms with E-state index in [0.29, 0.717) is 10.6 Å². The fourth-order valence-electron chi connectivity index (χ4n) is 3.59. The first-order chi connectivity index (χ1) is 15.6. The van der Waals surface area contributed by atoms with Gasteiger partial charge in [-0.05, 0) is 19.4 Å². The van der Waals surface area contributed by atoms with Gasteiger partial charge in [-0.2, -0.15) is 18.2 Å². The van der Waals surface area contributed by atoms with Crippen molar-refractivity contribution in [3.63, 3.8) is 0 Å². The summed E-state index contributed by atoms with van der Waals surface area (Å²) in [5.41, 5.74) is 0. The molecule has 3 rings (SSSR count). The molecule has 0 spiro atoms. The summed E-state index contributed by atoms with van der Waals surface area (Å²) in [5.74, 6) is -1.11. The summed E-state index contributed by atoms with van der Waals surface area (Å²) >= 11 is 1.44. The normalized spacial score (nSPS) is 15.7. The van der Waals surface area contributed by atoms with Crippen LogP contribution in [-0.2, 0) is 16.0 Å². The summed E-state index contributed by atoms with van der Waals surface area (Å²) in [6, 6.07) is 1.95. The van der Waals surface area contributed by atoms with E-state index in [-0.39, 0.29) is 38.7 Å². The second-order valence-corrected chi connectivity index (χ2v) is 8.69. The first-order valence-electron chi connectivity index (χ1n) is 10.6. The minimum Gasteiger partial charge on any atom is -0.393 e. The van der Waals surface area contributed by atoms with Crippen LogP contribution in [0.25, 0.3) is 10.2 Å². The number of piperazine rings is 1. The fraction of sp³-hybridized carbons (Fsp3) is 0.600. The predicted molar refractivity (Wildman–Crippen MR) is 117 cm³/mol. The van der Waals surface area contributed by atoms with Crippen molar-refractivity contribution in [2.45, 2.75) is 39.0 Å². The van der Waals surface area contributed by atoms with E-state index >= 15 is 0 Å². The van der Waals surface area contributed by atoms with Gasteiger partial charge in [-0.15, -0.1) is 11.3 Å². The van der Waals surface area contributed by atoms with Crippen LogP contribution < -0.4 is 9.80 Å². The Labute approximate surface area is 192 Å². The zero-order valence-electron chi connectivity index (χ0n) is 18.3. The second-order valence-electron chi connectivity index (χ2n) is 7.57. The van der Waals surface area contributed by atoms with Crippen LogP contribution in [0.1, 0.15) is 25.1 Å². The van der Waals surface area contributed by atoms with E-state index in [4.69, 9.17) is 5.11 Å². The number of aliphatic hydroxyl groups excluding tert-OH is 2. The number of fused-ring (bicyclic) bond motifs is 1. The minimum atomic E-state index is -4.55. The smallest absolute Gasteiger partial charge is 0.393 e. The minimum absolute atomic E-state index is 0.0672. The number of thiophene rings is 1. The van der Waals surface area contributed by atoms with Crippen LogP contribution in [0.5, 0.6) is 0 Å². The van der Waals surface area contributed by atoms with Gasteiger partial charge in [0, 0.05) is 37.6 Å². The summed E-state index contributed by atoms with van der Waals surface area (Å²) in [6.07, 6.45) is -6.88. The Kier molecular flexibility index (Phi) is 7.75. The zero-order chi connectivity index (χ0) is 24.3. The van der Waals surface area contributed by atoms with Crippen molar-refractivity contribution in [3.05, 3.63) is 10.9 Å². The van der Waals surface area contributed by atoms with Gasteiger partial charge in [-0.1, -0.05) is 6.92 Å². The molecule has 33 heavy (non-hydrogen) atoms. The molecule has 2 N–H and O–H groups in total. The van der Waals surface area contributed by atoms with Crippen LogP contribution in [0.4, 0.5) is 24.9 Å². The average molecular weight is 490 g/mol. The number of carbonyl (C=O) groups is 2. The molecule has 2 aromatic heterocycles. The Balaban J connectivity index is 1.91. The van der Waals surface area contributed by atoms with E-state index in [1.807, 2.05) is 17.9 Å². The number of nitrogens with zero attached hydrogens (tertiary/aromatic N) is 5. The summed E-state index contributed by atoms with van der Waals surface area (Å²) in [6.45, 7) is 3.86. The second kappa shape index (κ2) is 10.2.